The van der Waals surface area contributed by atoms with Crippen LogP contribution in [0, 0.1) is 6.92 Å². The number of imidazole rings is 1. The molecule has 0 aliphatic rings. The number of aromatic carboxylic acids is 1. The molecule has 0 amide bonds. The van der Waals surface area contributed by atoms with Crippen molar-refractivity contribution in [3.05, 3.63) is 33.6 Å². The number of nitrogens with one attached hydrogen (secondary N) is 1. The number of aryl methyl sites for hydroxylation is 1. The Kier molecular flexibility index (Phi) is 4.81. The minimum atomic E-state index is -3.55. The zero-order chi connectivity index (χ0) is 15.6. The van der Waals surface area contributed by atoms with Gasteiger partial charge in [0, 0.05) is 19.3 Å². The van der Waals surface area contributed by atoms with Crippen molar-refractivity contribution in [2.24, 2.45) is 0 Å². The number of carboxylic acid groups (broad SMARTS) is 1. The zero-order valence-electron chi connectivity index (χ0n) is 10.9. The third-order valence-electron chi connectivity index (χ3n) is 2.61. The van der Waals surface area contributed by atoms with Gasteiger partial charge in [-0.05, 0) is 34.5 Å². The van der Waals surface area contributed by atoms with Gasteiger partial charge in [0.15, 0.2) is 5.69 Å². The molecule has 0 aromatic carbocycles. The molecule has 0 atom stereocenters. The van der Waals surface area contributed by atoms with Crippen LogP contribution >= 0.6 is 27.3 Å². The molecule has 2 N–H and O–H groups in total. The molecular formula is C11H12BrN3O4S2. The van der Waals surface area contributed by atoms with E-state index in [1.165, 1.54) is 17.1 Å². The van der Waals surface area contributed by atoms with E-state index in [9.17, 15) is 13.2 Å². The van der Waals surface area contributed by atoms with Crippen LogP contribution in [-0.2, 0) is 16.6 Å². The fraction of sp³-hybridized carbons (Fsp3) is 0.273. The van der Waals surface area contributed by atoms with Crippen LogP contribution < -0.4 is 4.72 Å². The number of hydrogen-bond donors (Lipinski definition) is 2. The largest absolute Gasteiger partial charge is 0.476 e. The molecule has 0 aliphatic carbocycles. The Morgan fingerprint density at radius 1 is 1.57 bits per heavy atom. The molecule has 0 bridgehead atoms. The third kappa shape index (κ3) is 3.90. The number of carbonyl (C=O) groups is 1. The van der Waals surface area contributed by atoms with Gasteiger partial charge in [-0.3, -0.25) is 0 Å². The first kappa shape index (κ1) is 16.1. The SMILES string of the molecule is Cc1cc(S(=O)(=O)NCCn2cnc(C(=O)O)c2)sc1Br. The first-order chi connectivity index (χ1) is 9.79. The highest BCUT2D eigenvalue weighted by molar-refractivity contribution is 9.11. The average Bonchev–Trinajstić information content (AvgIpc) is 2.98. The van der Waals surface area contributed by atoms with Crippen molar-refractivity contribution in [3.8, 4) is 0 Å². The lowest BCUT2D eigenvalue weighted by Crippen LogP contribution is -2.26. The molecule has 21 heavy (non-hydrogen) atoms. The van der Waals surface area contributed by atoms with Crippen LogP contribution in [-0.4, -0.2) is 35.6 Å². The normalized spacial score (nSPS) is 11.7. The van der Waals surface area contributed by atoms with Crippen molar-refractivity contribution in [1.29, 1.82) is 0 Å². The molecule has 2 aromatic heterocycles. The smallest absolute Gasteiger partial charge is 0.356 e. The highest BCUT2D eigenvalue weighted by Crippen LogP contribution is 2.30. The van der Waals surface area contributed by atoms with E-state index in [4.69, 9.17) is 5.11 Å². The van der Waals surface area contributed by atoms with Crippen LogP contribution in [0.2, 0.25) is 0 Å². The third-order valence-corrected chi connectivity index (χ3v) is 6.69. The second kappa shape index (κ2) is 6.26. The summed E-state index contributed by atoms with van der Waals surface area (Å²) in [6.07, 6.45) is 2.70. The Labute approximate surface area is 133 Å². The predicted octanol–water partition coefficient (Wildman–Crippen LogP) is 1.69. The van der Waals surface area contributed by atoms with Crippen LogP contribution in [0.3, 0.4) is 0 Å². The standard InChI is InChI=1S/C11H12BrN3O4S2/c1-7-4-9(20-10(7)12)21(18,19)14-2-3-15-5-8(11(16)17)13-6-15/h4-6,14H,2-3H2,1H3,(H,16,17). The summed E-state index contributed by atoms with van der Waals surface area (Å²) in [6, 6.07) is 1.59. The van der Waals surface area contributed by atoms with Gasteiger partial charge in [0.2, 0.25) is 10.0 Å². The lowest BCUT2D eigenvalue weighted by Gasteiger charge is -2.05. The molecule has 7 nitrogen and oxygen atoms in total. The molecular weight excluding hydrogens is 382 g/mol. The van der Waals surface area contributed by atoms with Gasteiger partial charge in [0.25, 0.3) is 0 Å². The number of hydrogen-bond acceptors (Lipinski definition) is 5. The lowest BCUT2D eigenvalue weighted by atomic mass is 10.4. The van der Waals surface area contributed by atoms with E-state index in [0.29, 0.717) is 6.54 Å². The number of nitrogens with zero attached hydrogens (tertiary/aromatic N) is 2. The molecule has 0 saturated heterocycles. The number of halogens is 1. The topological polar surface area (TPSA) is 101 Å². The van der Waals surface area contributed by atoms with Crippen LogP contribution in [0.4, 0.5) is 0 Å². The summed E-state index contributed by atoms with van der Waals surface area (Å²) in [5, 5.41) is 8.74. The van der Waals surface area contributed by atoms with E-state index in [0.717, 1.165) is 20.7 Å². The van der Waals surface area contributed by atoms with E-state index < -0.39 is 16.0 Å². The lowest BCUT2D eigenvalue weighted by molar-refractivity contribution is 0.0691. The summed E-state index contributed by atoms with van der Waals surface area (Å²) in [6.45, 7) is 2.26. The summed E-state index contributed by atoms with van der Waals surface area (Å²) in [5.41, 5.74) is 0.789. The Balaban J connectivity index is 1.97. The van der Waals surface area contributed by atoms with Gasteiger partial charge in [-0.15, -0.1) is 11.3 Å². The fourth-order valence-corrected chi connectivity index (χ4v) is 4.83. The van der Waals surface area contributed by atoms with Gasteiger partial charge < -0.3 is 9.67 Å². The summed E-state index contributed by atoms with van der Waals surface area (Å²) in [5.74, 6) is -1.12. The van der Waals surface area contributed by atoms with Crippen molar-refractivity contribution in [3.63, 3.8) is 0 Å². The minimum Gasteiger partial charge on any atom is -0.476 e. The number of aromatic nitrogens is 2. The van der Waals surface area contributed by atoms with E-state index in [-0.39, 0.29) is 16.4 Å². The molecule has 2 rings (SSSR count). The van der Waals surface area contributed by atoms with Gasteiger partial charge >= 0.3 is 5.97 Å². The summed E-state index contributed by atoms with van der Waals surface area (Å²) >= 11 is 4.43. The molecule has 10 heteroatoms. The van der Waals surface area contributed by atoms with Crippen molar-refractivity contribution < 1.29 is 18.3 Å². The molecule has 0 radical (unpaired) electrons. The Morgan fingerprint density at radius 2 is 2.29 bits per heavy atom. The maximum absolute atomic E-state index is 12.1. The molecule has 0 unspecified atom stereocenters. The summed E-state index contributed by atoms with van der Waals surface area (Å²) in [4.78, 5) is 14.4. The van der Waals surface area contributed by atoms with E-state index in [1.54, 1.807) is 6.07 Å². The van der Waals surface area contributed by atoms with Crippen molar-refractivity contribution in [2.75, 3.05) is 6.54 Å². The number of sulfonamides is 1. The van der Waals surface area contributed by atoms with E-state index >= 15 is 0 Å². The molecule has 0 aliphatic heterocycles. The van der Waals surface area contributed by atoms with Crippen LogP contribution in [0.15, 0.2) is 26.6 Å². The van der Waals surface area contributed by atoms with Gasteiger partial charge in [0.05, 0.1) is 10.1 Å². The number of carboxylic acids is 1. The quantitative estimate of drug-likeness (QED) is 0.777. The van der Waals surface area contributed by atoms with Crippen LogP contribution in [0.25, 0.3) is 0 Å². The van der Waals surface area contributed by atoms with Gasteiger partial charge in [-0.2, -0.15) is 0 Å². The summed E-state index contributed by atoms with van der Waals surface area (Å²) < 4.78 is 29.1. The highest BCUT2D eigenvalue weighted by atomic mass is 79.9. The van der Waals surface area contributed by atoms with Gasteiger partial charge in [-0.1, -0.05) is 0 Å². The molecule has 0 fully saturated rings. The zero-order valence-corrected chi connectivity index (χ0v) is 14.1. The molecule has 2 aromatic rings. The van der Waals surface area contributed by atoms with Gasteiger partial charge in [0.1, 0.15) is 4.21 Å². The number of rotatable bonds is 6. The average molecular weight is 394 g/mol. The first-order valence-electron chi connectivity index (χ1n) is 5.80. The molecule has 0 saturated carbocycles. The van der Waals surface area contributed by atoms with Crippen molar-refractivity contribution in [1.82, 2.24) is 14.3 Å². The number of thiophene rings is 1. The van der Waals surface area contributed by atoms with E-state index in [1.807, 2.05) is 6.92 Å². The molecule has 2 heterocycles. The van der Waals surface area contributed by atoms with Crippen molar-refractivity contribution >= 4 is 43.3 Å². The molecule has 0 spiro atoms. The summed E-state index contributed by atoms with van der Waals surface area (Å²) in [7, 11) is -3.55. The fourth-order valence-electron chi connectivity index (χ4n) is 1.54. The van der Waals surface area contributed by atoms with Gasteiger partial charge in [-0.25, -0.2) is 22.9 Å². The first-order valence-corrected chi connectivity index (χ1v) is 8.89. The van der Waals surface area contributed by atoms with Crippen LogP contribution in [0.5, 0.6) is 0 Å². The molecule has 114 valence electrons. The Hall–Kier alpha value is -1.23. The second-order valence-corrected chi connectivity index (χ2v) is 8.59. The maximum atomic E-state index is 12.1. The Morgan fingerprint density at radius 3 is 2.81 bits per heavy atom. The Bertz CT molecular complexity index is 747. The highest BCUT2D eigenvalue weighted by Gasteiger charge is 2.17. The monoisotopic (exact) mass is 393 g/mol. The van der Waals surface area contributed by atoms with Crippen molar-refractivity contribution in [2.45, 2.75) is 17.7 Å². The second-order valence-electron chi connectivity index (χ2n) is 4.22. The van der Waals surface area contributed by atoms with Crippen LogP contribution in [0.1, 0.15) is 16.1 Å². The predicted molar refractivity (Wildman–Crippen MR) is 81.1 cm³/mol. The maximum Gasteiger partial charge on any atom is 0.356 e. The van der Waals surface area contributed by atoms with E-state index in [2.05, 4.69) is 25.6 Å². The minimum absolute atomic E-state index is 0.0735.